The lowest BCUT2D eigenvalue weighted by molar-refractivity contribution is -0.274. The van der Waals surface area contributed by atoms with Gasteiger partial charge in [-0.15, -0.1) is 0 Å². The van der Waals surface area contributed by atoms with E-state index in [4.69, 9.17) is 0 Å². The Morgan fingerprint density at radius 3 is 2.53 bits per heavy atom. The number of aromatic nitrogens is 3. The van der Waals surface area contributed by atoms with Gasteiger partial charge in [0.15, 0.2) is 5.65 Å². The summed E-state index contributed by atoms with van der Waals surface area (Å²) in [5, 5.41) is 15.9. The van der Waals surface area contributed by atoms with Gasteiger partial charge in [-0.1, -0.05) is 0 Å². The molecule has 2 rings (SSSR count). The molecular weight excluding hydrogens is 216 g/mol. The molecule has 0 aliphatic heterocycles. The van der Waals surface area contributed by atoms with Gasteiger partial charge in [-0.2, -0.15) is 5.10 Å². The maximum atomic E-state index is 11.5. The maximum Gasteiger partial charge on any atom is 0.178 e. The minimum Gasteiger partial charge on any atom is -0.859 e. The largest absolute Gasteiger partial charge is 0.859 e. The summed E-state index contributed by atoms with van der Waals surface area (Å²) >= 11 is 0. The number of fused-ring (bicyclic) bond motifs is 1. The molecule has 5 nitrogen and oxygen atoms in total. The minimum atomic E-state index is -0.205. The van der Waals surface area contributed by atoms with Gasteiger partial charge < -0.3 is 10.0 Å². The molecule has 0 bridgehead atoms. The first-order chi connectivity index (χ1) is 8.08. The Morgan fingerprint density at radius 1 is 1.29 bits per heavy atom. The molecule has 5 heteroatoms. The van der Waals surface area contributed by atoms with E-state index in [0.29, 0.717) is 5.65 Å². The number of rotatable bonds is 3. The Hall–Kier alpha value is -1.78. The molecule has 0 aliphatic rings. The number of aryl methyl sites for hydroxylation is 2. The zero-order valence-electron chi connectivity index (χ0n) is 10.7. The molecule has 0 amide bonds. The molecule has 0 spiro atoms. The standard InChI is InChI=1S/C12H18N4O/c1-5-15(6-2)11-9(4)14-16-8(3)7-10(17)13-12(11)16/h7H,5-6H2,1-4H3,(H,13,17)/p-1. The summed E-state index contributed by atoms with van der Waals surface area (Å²) in [5.74, 6) is -0.205. The van der Waals surface area contributed by atoms with Gasteiger partial charge in [0.1, 0.15) is 5.69 Å². The number of hydrogen-bond acceptors (Lipinski definition) is 4. The van der Waals surface area contributed by atoms with E-state index in [1.165, 1.54) is 6.07 Å². The highest BCUT2D eigenvalue weighted by molar-refractivity contribution is 5.72. The van der Waals surface area contributed by atoms with Crippen LogP contribution >= 0.6 is 0 Å². The summed E-state index contributed by atoms with van der Waals surface area (Å²) in [6.45, 7) is 9.74. The van der Waals surface area contributed by atoms with Crippen molar-refractivity contribution in [1.82, 2.24) is 14.6 Å². The Labute approximate surface area is 101 Å². The molecule has 0 aromatic carbocycles. The van der Waals surface area contributed by atoms with Crippen LogP contribution in [0.4, 0.5) is 5.69 Å². The fourth-order valence-electron chi connectivity index (χ4n) is 2.14. The predicted octanol–water partition coefficient (Wildman–Crippen LogP) is 1.27. The summed E-state index contributed by atoms with van der Waals surface area (Å²) in [6, 6.07) is 1.51. The second-order valence-electron chi connectivity index (χ2n) is 4.08. The van der Waals surface area contributed by atoms with Crippen LogP contribution in [0.2, 0.25) is 0 Å². The molecule has 0 aliphatic carbocycles. The molecule has 2 aromatic rings. The van der Waals surface area contributed by atoms with Crippen LogP contribution in [-0.4, -0.2) is 27.7 Å². The van der Waals surface area contributed by atoms with E-state index in [0.717, 1.165) is 30.2 Å². The molecule has 2 aromatic heterocycles. The van der Waals surface area contributed by atoms with Crippen molar-refractivity contribution in [2.45, 2.75) is 27.7 Å². The first-order valence-corrected chi connectivity index (χ1v) is 5.87. The molecule has 0 unspecified atom stereocenters. The Bertz CT molecular complexity index is 543. The van der Waals surface area contributed by atoms with E-state index in [1.807, 2.05) is 13.8 Å². The van der Waals surface area contributed by atoms with Crippen LogP contribution in [0.5, 0.6) is 5.88 Å². The van der Waals surface area contributed by atoms with Crippen molar-refractivity contribution in [2.75, 3.05) is 18.0 Å². The summed E-state index contributed by atoms with van der Waals surface area (Å²) in [7, 11) is 0. The van der Waals surface area contributed by atoms with E-state index in [9.17, 15) is 5.11 Å². The normalized spacial score (nSPS) is 11.1. The molecule has 0 atom stereocenters. The first kappa shape index (κ1) is 11.7. The van der Waals surface area contributed by atoms with E-state index >= 15 is 0 Å². The van der Waals surface area contributed by atoms with Gasteiger partial charge in [-0.25, -0.2) is 9.50 Å². The second kappa shape index (κ2) is 4.24. The van der Waals surface area contributed by atoms with Crippen molar-refractivity contribution in [3.63, 3.8) is 0 Å². The van der Waals surface area contributed by atoms with Crippen LogP contribution in [0.15, 0.2) is 6.07 Å². The van der Waals surface area contributed by atoms with E-state index in [-0.39, 0.29) is 5.88 Å². The molecule has 92 valence electrons. The van der Waals surface area contributed by atoms with Crippen LogP contribution in [0.1, 0.15) is 25.2 Å². The molecule has 0 saturated carbocycles. The van der Waals surface area contributed by atoms with E-state index in [1.54, 1.807) is 4.52 Å². The van der Waals surface area contributed by atoms with Crippen LogP contribution in [-0.2, 0) is 0 Å². The lowest BCUT2D eigenvalue weighted by atomic mass is 10.3. The van der Waals surface area contributed by atoms with Crippen LogP contribution in [0, 0.1) is 13.8 Å². The average molecular weight is 233 g/mol. The highest BCUT2D eigenvalue weighted by atomic mass is 16.3. The molecule has 0 fully saturated rings. The number of nitrogens with zero attached hydrogens (tertiary/aromatic N) is 4. The van der Waals surface area contributed by atoms with Crippen molar-refractivity contribution < 1.29 is 5.11 Å². The average Bonchev–Trinajstić information content (AvgIpc) is 2.59. The third-order valence-electron chi connectivity index (χ3n) is 2.97. The van der Waals surface area contributed by atoms with Crippen LogP contribution < -0.4 is 10.0 Å². The van der Waals surface area contributed by atoms with Crippen molar-refractivity contribution in [3.8, 4) is 5.88 Å². The molecular formula is C12H17N4O-. The monoisotopic (exact) mass is 233 g/mol. The van der Waals surface area contributed by atoms with Gasteiger partial charge in [0, 0.05) is 18.8 Å². The summed E-state index contributed by atoms with van der Waals surface area (Å²) in [5.41, 5.74) is 3.36. The van der Waals surface area contributed by atoms with Crippen LogP contribution in [0.3, 0.4) is 0 Å². The van der Waals surface area contributed by atoms with Gasteiger partial charge in [-0.3, -0.25) is 0 Å². The maximum absolute atomic E-state index is 11.5. The lowest BCUT2D eigenvalue weighted by Gasteiger charge is -2.20. The number of hydrogen-bond donors (Lipinski definition) is 0. The van der Waals surface area contributed by atoms with E-state index < -0.39 is 0 Å². The molecule has 0 N–H and O–H groups in total. The second-order valence-corrected chi connectivity index (χ2v) is 4.08. The third kappa shape index (κ3) is 1.81. The zero-order chi connectivity index (χ0) is 12.6. The number of anilines is 1. The van der Waals surface area contributed by atoms with Crippen molar-refractivity contribution in [1.29, 1.82) is 0 Å². The van der Waals surface area contributed by atoms with Gasteiger partial charge in [-0.05, 0) is 39.6 Å². The summed E-state index contributed by atoms with van der Waals surface area (Å²) in [4.78, 5) is 6.25. The topological polar surface area (TPSA) is 56.5 Å². The van der Waals surface area contributed by atoms with Crippen LogP contribution in [0.25, 0.3) is 5.65 Å². The zero-order valence-corrected chi connectivity index (χ0v) is 10.7. The lowest BCUT2D eigenvalue weighted by Crippen LogP contribution is -2.22. The molecule has 2 heterocycles. The van der Waals surface area contributed by atoms with Gasteiger partial charge in [0.25, 0.3) is 0 Å². The van der Waals surface area contributed by atoms with Gasteiger partial charge >= 0.3 is 0 Å². The highest BCUT2D eigenvalue weighted by Gasteiger charge is 2.16. The Kier molecular flexibility index (Phi) is 2.92. The summed E-state index contributed by atoms with van der Waals surface area (Å²) in [6.07, 6.45) is 0. The highest BCUT2D eigenvalue weighted by Crippen LogP contribution is 2.26. The van der Waals surface area contributed by atoms with Crippen molar-refractivity contribution >= 4 is 11.3 Å². The third-order valence-corrected chi connectivity index (χ3v) is 2.97. The smallest absolute Gasteiger partial charge is 0.178 e. The molecule has 17 heavy (non-hydrogen) atoms. The Morgan fingerprint density at radius 2 is 1.94 bits per heavy atom. The molecule has 0 radical (unpaired) electrons. The quantitative estimate of drug-likeness (QED) is 0.801. The van der Waals surface area contributed by atoms with Crippen molar-refractivity contribution in [3.05, 3.63) is 17.5 Å². The SMILES string of the molecule is CCN(CC)c1c(C)nn2c(C)cc([O-])nc12. The molecule has 0 saturated heterocycles. The fourth-order valence-corrected chi connectivity index (χ4v) is 2.14. The first-order valence-electron chi connectivity index (χ1n) is 5.87. The van der Waals surface area contributed by atoms with Gasteiger partial charge in [0.2, 0.25) is 0 Å². The minimum absolute atomic E-state index is 0.205. The summed E-state index contributed by atoms with van der Waals surface area (Å²) < 4.78 is 1.74. The fraction of sp³-hybridized carbons (Fsp3) is 0.500. The van der Waals surface area contributed by atoms with Gasteiger partial charge in [0.05, 0.1) is 5.69 Å². The predicted molar refractivity (Wildman–Crippen MR) is 65.5 cm³/mol. The Balaban J connectivity index is 2.74. The van der Waals surface area contributed by atoms with E-state index in [2.05, 4.69) is 28.8 Å². The van der Waals surface area contributed by atoms with Crippen molar-refractivity contribution in [2.24, 2.45) is 0 Å².